The number of rotatable bonds is 4. The molecule has 1 fully saturated rings. The van der Waals surface area contributed by atoms with E-state index in [0.29, 0.717) is 26.8 Å². The number of nitrogens with zero attached hydrogens (tertiary/aromatic N) is 1. The van der Waals surface area contributed by atoms with Crippen LogP contribution in [0.5, 0.6) is 0 Å². The van der Waals surface area contributed by atoms with E-state index in [0.717, 1.165) is 42.3 Å². The minimum Gasteiger partial charge on any atom is -0.382 e. The summed E-state index contributed by atoms with van der Waals surface area (Å²) in [4.78, 5) is 16.7. The van der Waals surface area contributed by atoms with E-state index >= 15 is 0 Å². The Labute approximate surface area is 190 Å². The van der Waals surface area contributed by atoms with Crippen LogP contribution < -0.4 is 16.0 Å². The van der Waals surface area contributed by atoms with Crippen LogP contribution in [0.15, 0.2) is 48.7 Å². The van der Waals surface area contributed by atoms with Gasteiger partial charge in [0.25, 0.3) is 0 Å². The van der Waals surface area contributed by atoms with Gasteiger partial charge in [0.1, 0.15) is 0 Å². The molecular weight excluding hydrogens is 443 g/mol. The Balaban J connectivity index is 1.30. The average Bonchev–Trinajstić information content (AvgIpc) is 2.72. The Morgan fingerprint density at radius 2 is 1.67 bits per heavy atom. The number of fused-ring (bicyclic) bond motifs is 1. The van der Waals surface area contributed by atoms with Crippen molar-refractivity contribution < 1.29 is 4.79 Å². The number of nitrogens with one attached hydrogen (secondary N) is 3. The SMILES string of the molecule is O=C(Nc1ccc(Cl)c(Cl)c1)NC1CCC(Nc2ccnc3cc(Cl)ccc23)CC1. The van der Waals surface area contributed by atoms with Crippen molar-refractivity contribution in [3.8, 4) is 0 Å². The summed E-state index contributed by atoms with van der Waals surface area (Å²) >= 11 is 18.0. The van der Waals surface area contributed by atoms with E-state index in [-0.39, 0.29) is 12.1 Å². The Hall–Kier alpha value is -2.21. The Kier molecular flexibility index (Phi) is 6.52. The first-order chi connectivity index (χ1) is 14.5. The molecule has 0 saturated heterocycles. The summed E-state index contributed by atoms with van der Waals surface area (Å²) in [5.74, 6) is 0. The van der Waals surface area contributed by atoms with Crippen molar-refractivity contribution in [2.45, 2.75) is 37.8 Å². The average molecular weight is 464 g/mol. The van der Waals surface area contributed by atoms with Gasteiger partial charge in [0.05, 0.1) is 15.6 Å². The van der Waals surface area contributed by atoms with Gasteiger partial charge in [-0.25, -0.2) is 4.79 Å². The molecule has 2 aromatic carbocycles. The van der Waals surface area contributed by atoms with E-state index in [2.05, 4.69) is 20.9 Å². The maximum Gasteiger partial charge on any atom is 0.319 e. The monoisotopic (exact) mass is 462 g/mol. The number of benzene rings is 2. The van der Waals surface area contributed by atoms with Crippen LogP contribution in [0.3, 0.4) is 0 Å². The first-order valence-electron chi connectivity index (χ1n) is 9.81. The van der Waals surface area contributed by atoms with Crippen LogP contribution in [0.4, 0.5) is 16.2 Å². The predicted octanol–water partition coefficient (Wildman–Crippen LogP) is 6.74. The fourth-order valence-corrected chi connectivity index (χ4v) is 4.24. The van der Waals surface area contributed by atoms with Gasteiger partial charge in [-0.05, 0) is 68.1 Å². The number of aromatic nitrogens is 1. The number of halogens is 3. The summed E-state index contributed by atoms with van der Waals surface area (Å²) in [7, 11) is 0. The van der Waals surface area contributed by atoms with Gasteiger partial charge in [0, 0.05) is 40.1 Å². The molecule has 4 rings (SSSR count). The summed E-state index contributed by atoms with van der Waals surface area (Å²) in [5.41, 5.74) is 2.55. The molecule has 0 bridgehead atoms. The molecule has 1 aliphatic carbocycles. The molecule has 1 saturated carbocycles. The summed E-state index contributed by atoms with van der Waals surface area (Å²) < 4.78 is 0. The molecule has 0 spiro atoms. The number of hydrogen-bond acceptors (Lipinski definition) is 3. The number of urea groups is 1. The summed E-state index contributed by atoms with van der Waals surface area (Å²) in [5, 5.41) is 12.1. The Morgan fingerprint density at radius 3 is 2.43 bits per heavy atom. The molecule has 2 amide bonds. The largest absolute Gasteiger partial charge is 0.382 e. The Bertz CT molecular complexity index is 1070. The molecule has 0 aliphatic heterocycles. The van der Waals surface area contributed by atoms with Crippen molar-refractivity contribution >= 4 is 63.1 Å². The van der Waals surface area contributed by atoms with Crippen molar-refractivity contribution in [3.05, 3.63) is 63.7 Å². The highest BCUT2D eigenvalue weighted by Crippen LogP contribution is 2.28. The third-order valence-electron chi connectivity index (χ3n) is 5.30. The zero-order valence-corrected chi connectivity index (χ0v) is 18.4. The lowest BCUT2D eigenvalue weighted by molar-refractivity contribution is 0.243. The molecule has 8 heteroatoms. The lowest BCUT2D eigenvalue weighted by atomic mass is 9.91. The van der Waals surface area contributed by atoms with Crippen molar-refractivity contribution in [3.63, 3.8) is 0 Å². The highest BCUT2D eigenvalue weighted by molar-refractivity contribution is 6.42. The number of amides is 2. The van der Waals surface area contributed by atoms with Crippen molar-refractivity contribution in [2.75, 3.05) is 10.6 Å². The summed E-state index contributed by atoms with van der Waals surface area (Å²) in [6.45, 7) is 0. The molecule has 5 nitrogen and oxygen atoms in total. The highest BCUT2D eigenvalue weighted by Gasteiger charge is 2.23. The molecule has 1 aromatic heterocycles. The molecule has 1 aliphatic rings. The smallest absolute Gasteiger partial charge is 0.319 e. The second kappa shape index (κ2) is 9.29. The van der Waals surface area contributed by atoms with Crippen LogP contribution in [0.1, 0.15) is 25.7 Å². The lowest BCUT2D eigenvalue weighted by Gasteiger charge is -2.30. The second-order valence-corrected chi connectivity index (χ2v) is 8.69. The van der Waals surface area contributed by atoms with Gasteiger partial charge in [-0.15, -0.1) is 0 Å². The van der Waals surface area contributed by atoms with Gasteiger partial charge in [0.2, 0.25) is 0 Å². The topological polar surface area (TPSA) is 66.1 Å². The fraction of sp³-hybridized carbons (Fsp3) is 0.273. The quantitative estimate of drug-likeness (QED) is 0.401. The molecule has 1 heterocycles. The first-order valence-corrected chi connectivity index (χ1v) is 10.9. The molecule has 30 heavy (non-hydrogen) atoms. The van der Waals surface area contributed by atoms with Gasteiger partial charge < -0.3 is 16.0 Å². The minimum absolute atomic E-state index is 0.138. The number of pyridine rings is 1. The number of carbonyl (C=O) groups is 1. The van der Waals surface area contributed by atoms with Crippen molar-refractivity contribution in [1.29, 1.82) is 0 Å². The van der Waals surface area contributed by atoms with Gasteiger partial charge in [-0.3, -0.25) is 4.98 Å². The van der Waals surface area contributed by atoms with Crippen LogP contribution >= 0.6 is 34.8 Å². The van der Waals surface area contributed by atoms with E-state index in [1.54, 1.807) is 24.4 Å². The first kappa shape index (κ1) is 21.0. The summed E-state index contributed by atoms with van der Waals surface area (Å²) in [6.07, 6.45) is 5.54. The molecule has 3 N–H and O–H groups in total. The van der Waals surface area contributed by atoms with Crippen LogP contribution in [-0.4, -0.2) is 23.1 Å². The number of hydrogen-bond donors (Lipinski definition) is 3. The van der Waals surface area contributed by atoms with Crippen molar-refractivity contribution in [2.24, 2.45) is 0 Å². The minimum atomic E-state index is -0.234. The predicted molar refractivity (Wildman–Crippen MR) is 125 cm³/mol. The molecular formula is C22H21Cl3N4O. The van der Waals surface area contributed by atoms with E-state index in [1.165, 1.54) is 0 Å². The van der Waals surface area contributed by atoms with Crippen LogP contribution in [-0.2, 0) is 0 Å². The van der Waals surface area contributed by atoms with Crippen LogP contribution in [0.25, 0.3) is 10.9 Å². The van der Waals surface area contributed by atoms with E-state index in [9.17, 15) is 4.79 Å². The molecule has 3 aromatic rings. The molecule has 0 radical (unpaired) electrons. The summed E-state index contributed by atoms with van der Waals surface area (Å²) in [6, 6.07) is 13.0. The van der Waals surface area contributed by atoms with Crippen molar-refractivity contribution in [1.82, 2.24) is 10.3 Å². The molecule has 156 valence electrons. The zero-order valence-electron chi connectivity index (χ0n) is 16.1. The van der Waals surface area contributed by atoms with Gasteiger partial charge >= 0.3 is 6.03 Å². The maximum absolute atomic E-state index is 12.3. The van der Waals surface area contributed by atoms with Crippen LogP contribution in [0, 0.1) is 0 Å². The van der Waals surface area contributed by atoms with E-state index in [4.69, 9.17) is 34.8 Å². The number of anilines is 2. The number of carbonyl (C=O) groups excluding carboxylic acids is 1. The van der Waals surface area contributed by atoms with Gasteiger partial charge in [-0.1, -0.05) is 34.8 Å². The zero-order chi connectivity index (χ0) is 21.1. The third kappa shape index (κ3) is 5.09. The normalized spacial score (nSPS) is 18.8. The Morgan fingerprint density at radius 1 is 0.900 bits per heavy atom. The van der Waals surface area contributed by atoms with Crippen LogP contribution in [0.2, 0.25) is 15.1 Å². The van der Waals surface area contributed by atoms with Gasteiger partial charge in [0.15, 0.2) is 0 Å². The molecule has 0 unspecified atom stereocenters. The third-order valence-corrected chi connectivity index (χ3v) is 6.28. The highest BCUT2D eigenvalue weighted by atomic mass is 35.5. The lowest BCUT2D eigenvalue weighted by Crippen LogP contribution is -2.42. The standard InChI is InChI=1S/C22H21Cl3N4O/c23-13-1-7-17-20(9-10-26-21(17)11-13)27-14-2-4-15(5-3-14)28-22(30)29-16-6-8-18(24)19(25)12-16/h1,6-12,14-15H,2-5H2,(H,26,27)(H2,28,29,30). The van der Waals surface area contributed by atoms with Gasteiger partial charge in [-0.2, -0.15) is 0 Å². The second-order valence-electron chi connectivity index (χ2n) is 7.44. The van der Waals surface area contributed by atoms with E-state index in [1.807, 2.05) is 24.3 Å². The van der Waals surface area contributed by atoms with E-state index < -0.39 is 0 Å². The fourth-order valence-electron chi connectivity index (χ4n) is 3.78. The molecule has 0 atom stereocenters. The maximum atomic E-state index is 12.3.